The third-order valence-electron chi connectivity index (χ3n) is 10.9. The maximum absolute atomic E-state index is 14.4. The molecule has 3 N–H and O–H groups in total. The zero-order valence-corrected chi connectivity index (χ0v) is 31.9. The van der Waals surface area contributed by atoms with Gasteiger partial charge < -0.3 is 25.4 Å². The number of aryl methyl sites for hydroxylation is 3. The van der Waals surface area contributed by atoms with Crippen LogP contribution in [0.1, 0.15) is 81.0 Å². The smallest absolute Gasteiger partial charge is 0.309 e. The number of piperazine rings is 1. The second-order valence-electron chi connectivity index (χ2n) is 15.4. The Morgan fingerprint density at radius 1 is 1.02 bits per heavy atom. The van der Waals surface area contributed by atoms with Crippen molar-refractivity contribution in [3.63, 3.8) is 0 Å². The van der Waals surface area contributed by atoms with Gasteiger partial charge in [0.15, 0.2) is 0 Å². The number of nitrogens with one attached hydrogen (secondary N) is 2. The van der Waals surface area contributed by atoms with E-state index in [0.29, 0.717) is 41.9 Å². The molecular formula is C42H49BrFN3O5. The lowest BCUT2D eigenvalue weighted by Crippen LogP contribution is -2.62. The third-order valence-corrected chi connectivity index (χ3v) is 11.5. The highest BCUT2D eigenvalue weighted by Crippen LogP contribution is 2.41. The van der Waals surface area contributed by atoms with Crippen molar-refractivity contribution in [2.24, 2.45) is 5.41 Å². The highest BCUT2D eigenvalue weighted by atomic mass is 79.9. The summed E-state index contributed by atoms with van der Waals surface area (Å²) in [5, 5.41) is 16.7. The number of amides is 2. The number of carboxylic acids is 1. The van der Waals surface area contributed by atoms with Crippen LogP contribution in [0.25, 0.3) is 5.57 Å². The minimum atomic E-state index is -0.994. The number of halogens is 2. The summed E-state index contributed by atoms with van der Waals surface area (Å²) in [4.78, 5) is 41.3. The molecule has 276 valence electrons. The number of carboxylic acid groups (broad SMARTS) is 1. The van der Waals surface area contributed by atoms with Gasteiger partial charge in [0.25, 0.3) is 0 Å². The number of rotatable bonds is 15. The van der Waals surface area contributed by atoms with E-state index >= 15 is 0 Å². The number of carbonyl (C=O) groups is 3. The monoisotopic (exact) mass is 773 g/mol. The molecular weight excluding hydrogens is 725 g/mol. The van der Waals surface area contributed by atoms with E-state index in [4.69, 9.17) is 4.74 Å². The molecule has 6 rings (SSSR count). The Labute approximate surface area is 314 Å². The van der Waals surface area contributed by atoms with E-state index in [0.717, 1.165) is 55.2 Å². The SMILES string of the molecule is Cc1ccc(CCC2(NC(=O)C3=C(c4ccc(CCCOc5cc(F)ccc5Br)cc4)C[C@@H]4CN(C(=O)CCC(C)(C)C(=O)O)C[C@H]3N4)CC2)cc1. The van der Waals surface area contributed by atoms with Crippen LogP contribution in [0, 0.1) is 18.2 Å². The van der Waals surface area contributed by atoms with E-state index in [2.05, 4.69) is 82.0 Å². The van der Waals surface area contributed by atoms with Gasteiger partial charge in [0.1, 0.15) is 11.6 Å². The van der Waals surface area contributed by atoms with Crippen LogP contribution in [0.4, 0.5) is 4.39 Å². The van der Waals surface area contributed by atoms with Crippen molar-refractivity contribution >= 4 is 39.3 Å². The largest absolute Gasteiger partial charge is 0.492 e. The molecule has 2 atom stereocenters. The third kappa shape index (κ3) is 9.31. The highest BCUT2D eigenvalue weighted by molar-refractivity contribution is 9.10. The Morgan fingerprint density at radius 2 is 1.71 bits per heavy atom. The molecule has 1 aliphatic carbocycles. The van der Waals surface area contributed by atoms with Gasteiger partial charge in [-0.2, -0.15) is 0 Å². The lowest BCUT2D eigenvalue weighted by Gasteiger charge is -2.44. The summed E-state index contributed by atoms with van der Waals surface area (Å²) < 4.78 is 20.2. The molecule has 3 aromatic rings. The van der Waals surface area contributed by atoms with Gasteiger partial charge in [-0.1, -0.05) is 54.1 Å². The Morgan fingerprint density at radius 3 is 2.40 bits per heavy atom. The topological polar surface area (TPSA) is 108 Å². The van der Waals surface area contributed by atoms with E-state index < -0.39 is 11.4 Å². The molecule has 2 bridgehead atoms. The fourth-order valence-electron chi connectivity index (χ4n) is 7.23. The molecule has 2 heterocycles. The molecule has 0 unspecified atom stereocenters. The molecule has 0 radical (unpaired) electrons. The minimum absolute atomic E-state index is 0.0304. The fourth-order valence-corrected chi connectivity index (χ4v) is 7.59. The van der Waals surface area contributed by atoms with Gasteiger partial charge in [0.05, 0.1) is 22.5 Å². The zero-order chi connectivity index (χ0) is 37.0. The zero-order valence-electron chi connectivity index (χ0n) is 30.3. The summed E-state index contributed by atoms with van der Waals surface area (Å²) in [6, 6.07) is 20.9. The van der Waals surface area contributed by atoms with Gasteiger partial charge in [-0.15, -0.1) is 0 Å². The molecule has 2 amide bonds. The average Bonchev–Trinajstić information content (AvgIpc) is 3.89. The van der Waals surface area contributed by atoms with E-state index in [9.17, 15) is 23.9 Å². The van der Waals surface area contributed by atoms with Crippen LogP contribution in [-0.4, -0.2) is 65.1 Å². The number of ether oxygens (including phenoxy) is 1. The molecule has 0 spiro atoms. The molecule has 52 heavy (non-hydrogen) atoms. The summed E-state index contributed by atoms with van der Waals surface area (Å²) >= 11 is 3.41. The second-order valence-corrected chi connectivity index (χ2v) is 16.3. The summed E-state index contributed by atoms with van der Waals surface area (Å²) in [6.07, 6.45) is 6.15. The molecule has 2 fully saturated rings. The van der Waals surface area contributed by atoms with Crippen molar-refractivity contribution < 1.29 is 28.6 Å². The molecule has 1 saturated heterocycles. The Bertz CT molecular complexity index is 1820. The number of fused-ring (bicyclic) bond motifs is 2. The van der Waals surface area contributed by atoms with Crippen molar-refractivity contribution in [2.75, 3.05) is 19.7 Å². The van der Waals surface area contributed by atoms with Crippen LogP contribution in [0.15, 0.2) is 76.8 Å². The van der Waals surface area contributed by atoms with Gasteiger partial charge in [0.2, 0.25) is 11.8 Å². The van der Waals surface area contributed by atoms with Gasteiger partial charge in [-0.3, -0.25) is 14.4 Å². The van der Waals surface area contributed by atoms with Crippen LogP contribution in [0.2, 0.25) is 0 Å². The molecule has 0 aromatic heterocycles. The summed E-state index contributed by atoms with van der Waals surface area (Å²) in [5.74, 6) is -0.942. The van der Waals surface area contributed by atoms with Crippen LogP contribution in [0.3, 0.4) is 0 Å². The maximum Gasteiger partial charge on any atom is 0.309 e. The first-order valence-electron chi connectivity index (χ1n) is 18.4. The second kappa shape index (κ2) is 15.9. The molecule has 2 aliphatic heterocycles. The van der Waals surface area contributed by atoms with Gasteiger partial charge in [-0.05, 0) is 122 Å². The van der Waals surface area contributed by atoms with Crippen molar-refractivity contribution in [2.45, 2.75) is 96.2 Å². The summed E-state index contributed by atoms with van der Waals surface area (Å²) in [5.41, 5.74) is 5.08. The first-order chi connectivity index (χ1) is 24.8. The maximum atomic E-state index is 14.4. The summed E-state index contributed by atoms with van der Waals surface area (Å²) in [6.45, 7) is 6.67. The number of nitrogens with zero attached hydrogens (tertiary/aromatic N) is 1. The van der Waals surface area contributed by atoms with Gasteiger partial charge in [0, 0.05) is 42.7 Å². The summed E-state index contributed by atoms with van der Waals surface area (Å²) in [7, 11) is 0. The van der Waals surface area contributed by atoms with E-state index in [1.807, 2.05) is 4.90 Å². The van der Waals surface area contributed by atoms with E-state index in [1.165, 1.54) is 23.3 Å². The quantitative estimate of drug-likeness (QED) is 0.139. The lowest BCUT2D eigenvalue weighted by molar-refractivity contribution is -0.148. The van der Waals surface area contributed by atoms with E-state index in [1.54, 1.807) is 19.9 Å². The van der Waals surface area contributed by atoms with Crippen LogP contribution in [0.5, 0.6) is 5.75 Å². The molecule has 3 aliphatic rings. The normalized spacial score (nSPS) is 19.3. The number of hydrogen-bond donors (Lipinski definition) is 3. The molecule has 1 saturated carbocycles. The van der Waals surface area contributed by atoms with Gasteiger partial charge in [-0.25, -0.2) is 4.39 Å². The number of aliphatic carboxylic acids is 1. The number of hydrogen-bond acceptors (Lipinski definition) is 5. The Kier molecular flexibility index (Phi) is 11.6. The number of benzene rings is 3. The Hall–Kier alpha value is -4.02. The van der Waals surface area contributed by atoms with E-state index in [-0.39, 0.29) is 48.1 Å². The Balaban J connectivity index is 1.17. The standard InChI is InChI=1S/C42H49BrFN3O5/c1-27-6-8-29(9-7-27)16-19-42(20-21-42)46-39(49)38-33(24-32-25-47(26-35(38)45-32)37(48)17-18-41(2,3)40(50)51)30-12-10-28(11-13-30)5-4-22-52-36-23-31(44)14-15-34(36)43/h6-15,23,32,35,45H,4-5,16-22,24-26H2,1-3H3,(H,46,49)(H,50,51)/t32-,35-/m1/s1. The van der Waals surface area contributed by atoms with Crippen molar-refractivity contribution in [3.8, 4) is 5.75 Å². The molecule has 3 aromatic carbocycles. The van der Waals surface area contributed by atoms with Gasteiger partial charge >= 0.3 is 5.97 Å². The van der Waals surface area contributed by atoms with Crippen molar-refractivity contribution in [1.29, 1.82) is 0 Å². The predicted molar refractivity (Wildman–Crippen MR) is 203 cm³/mol. The van der Waals surface area contributed by atoms with Crippen molar-refractivity contribution in [1.82, 2.24) is 15.5 Å². The van der Waals surface area contributed by atoms with Crippen LogP contribution in [-0.2, 0) is 27.2 Å². The van der Waals surface area contributed by atoms with Crippen LogP contribution >= 0.6 is 15.9 Å². The van der Waals surface area contributed by atoms with Crippen molar-refractivity contribution in [3.05, 3.63) is 105 Å². The minimum Gasteiger partial charge on any atom is -0.492 e. The molecule has 8 nitrogen and oxygen atoms in total. The molecule has 10 heteroatoms. The highest BCUT2D eigenvalue weighted by Gasteiger charge is 2.46. The fraction of sp³-hybridized carbons (Fsp3) is 0.452. The predicted octanol–water partition coefficient (Wildman–Crippen LogP) is 7.41. The lowest BCUT2D eigenvalue weighted by atomic mass is 9.82. The first-order valence-corrected chi connectivity index (χ1v) is 19.2. The average molecular weight is 775 g/mol. The first kappa shape index (κ1) is 37.7. The number of carbonyl (C=O) groups excluding carboxylic acids is 2. The van der Waals surface area contributed by atoms with Crippen LogP contribution < -0.4 is 15.4 Å².